The summed E-state index contributed by atoms with van der Waals surface area (Å²) in [6.45, 7) is 0.508. The summed E-state index contributed by atoms with van der Waals surface area (Å²) in [4.78, 5) is 16.7. The molecule has 132 valence electrons. The zero-order valence-electron chi connectivity index (χ0n) is 12.6. The van der Waals surface area contributed by atoms with Gasteiger partial charge in [-0.1, -0.05) is 0 Å². The van der Waals surface area contributed by atoms with E-state index in [9.17, 15) is 22.4 Å². The molecule has 0 atom stereocenters. The van der Waals surface area contributed by atoms with Crippen molar-refractivity contribution in [2.45, 2.75) is 12.3 Å². The van der Waals surface area contributed by atoms with E-state index in [0.29, 0.717) is 11.8 Å². The van der Waals surface area contributed by atoms with E-state index in [-0.39, 0.29) is 24.4 Å². The molecule has 1 saturated heterocycles. The summed E-state index contributed by atoms with van der Waals surface area (Å²) in [5.41, 5.74) is -0.664. The summed E-state index contributed by atoms with van der Waals surface area (Å²) < 4.78 is 56.8. The predicted molar refractivity (Wildman–Crippen MR) is 79.2 cm³/mol. The molecule has 0 radical (unpaired) electrons. The maximum absolute atomic E-state index is 13.3. The van der Waals surface area contributed by atoms with E-state index in [4.69, 9.17) is 9.84 Å². The van der Waals surface area contributed by atoms with Crippen molar-refractivity contribution in [1.82, 2.24) is 4.98 Å². The van der Waals surface area contributed by atoms with Crippen LogP contribution in [0.2, 0.25) is 0 Å². The van der Waals surface area contributed by atoms with E-state index in [1.165, 1.54) is 18.5 Å². The molecule has 1 aromatic carbocycles. The number of carboxylic acid groups (broad SMARTS) is 1. The van der Waals surface area contributed by atoms with Gasteiger partial charge in [-0.15, -0.1) is 0 Å². The number of aromatic nitrogens is 1. The van der Waals surface area contributed by atoms with Crippen LogP contribution in [0.25, 0.3) is 0 Å². The van der Waals surface area contributed by atoms with Crippen molar-refractivity contribution < 1.29 is 32.2 Å². The van der Waals surface area contributed by atoms with E-state index >= 15 is 0 Å². The van der Waals surface area contributed by atoms with Crippen molar-refractivity contribution in [3.05, 3.63) is 53.6 Å². The second-order valence-corrected chi connectivity index (χ2v) is 5.52. The molecule has 2 aromatic rings. The minimum atomic E-state index is -4.67. The second kappa shape index (κ2) is 6.23. The average molecular weight is 356 g/mol. The van der Waals surface area contributed by atoms with E-state index in [1.807, 2.05) is 0 Å². The number of alkyl halides is 3. The van der Waals surface area contributed by atoms with Crippen LogP contribution in [-0.4, -0.2) is 35.3 Å². The number of ether oxygens (including phenoxy) is 1. The Morgan fingerprint density at radius 2 is 2.00 bits per heavy atom. The lowest BCUT2D eigenvalue weighted by molar-refractivity contribution is -0.137. The van der Waals surface area contributed by atoms with Crippen LogP contribution in [0.1, 0.15) is 15.9 Å². The number of halogens is 4. The van der Waals surface area contributed by atoms with Crippen LogP contribution in [0.3, 0.4) is 0 Å². The van der Waals surface area contributed by atoms with Gasteiger partial charge in [-0.05, 0) is 18.2 Å². The van der Waals surface area contributed by atoms with Gasteiger partial charge >= 0.3 is 12.1 Å². The molecule has 1 aliphatic heterocycles. The second-order valence-electron chi connectivity index (χ2n) is 5.52. The molecule has 5 nitrogen and oxygen atoms in total. The number of pyridine rings is 1. The van der Waals surface area contributed by atoms with Crippen LogP contribution in [0.4, 0.5) is 23.2 Å². The van der Waals surface area contributed by atoms with Gasteiger partial charge in [0.25, 0.3) is 0 Å². The van der Waals surface area contributed by atoms with Crippen LogP contribution in [0.15, 0.2) is 36.7 Å². The molecule has 1 aliphatic rings. The monoisotopic (exact) mass is 356 g/mol. The highest BCUT2D eigenvalue weighted by Crippen LogP contribution is 2.33. The predicted octanol–water partition coefficient (Wildman–Crippen LogP) is 3.21. The number of carbonyl (C=O) groups is 1. The maximum atomic E-state index is 13.3. The highest BCUT2D eigenvalue weighted by Gasteiger charge is 2.34. The van der Waals surface area contributed by atoms with Crippen LogP contribution in [0, 0.1) is 5.82 Å². The Bertz CT molecular complexity index is 804. The first-order chi connectivity index (χ1) is 11.7. The zero-order chi connectivity index (χ0) is 18.2. The molecule has 0 spiro atoms. The first-order valence-electron chi connectivity index (χ1n) is 7.21. The molecule has 9 heteroatoms. The van der Waals surface area contributed by atoms with Gasteiger partial charge in [-0.25, -0.2) is 9.18 Å². The van der Waals surface area contributed by atoms with Gasteiger partial charge in [0.05, 0.1) is 36.1 Å². The minimum absolute atomic E-state index is 0.0681. The number of nitrogens with zero attached hydrogens (tertiary/aromatic N) is 2. The lowest BCUT2D eigenvalue weighted by Crippen LogP contribution is -2.54. The largest absolute Gasteiger partial charge is 0.487 e. The van der Waals surface area contributed by atoms with Crippen molar-refractivity contribution in [2.24, 2.45) is 0 Å². The molecule has 0 aliphatic carbocycles. The lowest BCUT2D eigenvalue weighted by atomic mass is 10.1. The van der Waals surface area contributed by atoms with E-state index in [1.54, 1.807) is 4.90 Å². The van der Waals surface area contributed by atoms with Gasteiger partial charge in [-0.2, -0.15) is 13.2 Å². The third-order valence-electron chi connectivity index (χ3n) is 3.72. The van der Waals surface area contributed by atoms with Gasteiger partial charge in [0, 0.05) is 12.3 Å². The Labute approximate surface area is 139 Å². The SMILES string of the molecule is O=C(O)c1ccncc1N1CC(Oc2cc(F)cc(C(F)(F)F)c2)C1. The normalized spacial score (nSPS) is 15.0. The zero-order valence-corrected chi connectivity index (χ0v) is 12.6. The van der Waals surface area contributed by atoms with Crippen LogP contribution in [-0.2, 0) is 6.18 Å². The van der Waals surface area contributed by atoms with Gasteiger partial charge in [0.15, 0.2) is 0 Å². The van der Waals surface area contributed by atoms with Crippen LogP contribution >= 0.6 is 0 Å². The Balaban J connectivity index is 1.69. The number of hydrogen-bond donors (Lipinski definition) is 1. The van der Waals surface area contributed by atoms with Crippen molar-refractivity contribution in [1.29, 1.82) is 0 Å². The number of carboxylic acids is 1. The fraction of sp³-hybridized carbons (Fsp3) is 0.250. The van der Waals surface area contributed by atoms with Gasteiger partial charge in [-0.3, -0.25) is 4.98 Å². The van der Waals surface area contributed by atoms with E-state index in [0.717, 1.165) is 12.1 Å². The fourth-order valence-electron chi connectivity index (χ4n) is 2.52. The highest BCUT2D eigenvalue weighted by molar-refractivity contribution is 5.94. The van der Waals surface area contributed by atoms with Crippen molar-refractivity contribution >= 4 is 11.7 Å². The average Bonchev–Trinajstić information content (AvgIpc) is 2.49. The number of aromatic carboxylic acids is 1. The van der Waals surface area contributed by atoms with Gasteiger partial charge in [0.1, 0.15) is 17.7 Å². The van der Waals surface area contributed by atoms with Crippen molar-refractivity contribution in [3.63, 3.8) is 0 Å². The molecule has 0 saturated carbocycles. The lowest BCUT2D eigenvalue weighted by Gasteiger charge is -2.41. The molecule has 0 bridgehead atoms. The van der Waals surface area contributed by atoms with Gasteiger partial charge in [0.2, 0.25) is 0 Å². The Morgan fingerprint density at radius 3 is 2.64 bits per heavy atom. The van der Waals surface area contributed by atoms with Gasteiger partial charge < -0.3 is 14.7 Å². The fourth-order valence-corrected chi connectivity index (χ4v) is 2.52. The summed E-state index contributed by atoms with van der Waals surface area (Å²) in [6.07, 6.45) is -2.40. The minimum Gasteiger partial charge on any atom is -0.487 e. The van der Waals surface area contributed by atoms with Crippen LogP contribution in [0.5, 0.6) is 5.75 Å². The molecule has 1 aromatic heterocycles. The summed E-state index contributed by atoms with van der Waals surface area (Å²) in [7, 11) is 0. The molecule has 1 N–H and O–H groups in total. The Kier molecular flexibility index (Phi) is 4.23. The number of rotatable bonds is 4. The third-order valence-corrected chi connectivity index (χ3v) is 3.72. The Hall–Kier alpha value is -2.84. The first-order valence-corrected chi connectivity index (χ1v) is 7.21. The van der Waals surface area contributed by atoms with Crippen molar-refractivity contribution in [3.8, 4) is 5.75 Å². The molecule has 25 heavy (non-hydrogen) atoms. The molecule has 0 amide bonds. The first kappa shape index (κ1) is 17.0. The summed E-state index contributed by atoms with van der Waals surface area (Å²) >= 11 is 0. The highest BCUT2D eigenvalue weighted by atomic mass is 19.4. The van der Waals surface area contributed by atoms with Crippen molar-refractivity contribution in [2.75, 3.05) is 18.0 Å². The number of anilines is 1. The maximum Gasteiger partial charge on any atom is 0.416 e. The third kappa shape index (κ3) is 3.65. The Morgan fingerprint density at radius 1 is 1.28 bits per heavy atom. The van der Waals surface area contributed by atoms with Crippen LogP contribution < -0.4 is 9.64 Å². The summed E-state index contributed by atoms with van der Waals surface area (Å²) in [6, 6.07) is 3.37. The molecule has 2 heterocycles. The number of benzene rings is 1. The summed E-state index contributed by atoms with van der Waals surface area (Å²) in [5, 5.41) is 9.14. The molecular weight excluding hydrogens is 344 g/mol. The standard InChI is InChI=1S/C16H12F4N2O3/c17-10-3-9(16(18,19)20)4-11(5-10)25-12-7-22(8-12)14-6-21-2-1-13(14)15(23)24/h1-6,12H,7-8H2,(H,23,24). The summed E-state index contributed by atoms with van der Waals surface area (Å²) in [5.74, 6) is -2.37. The quantitative estimate of drug-likeness (QED) is 0.853. The molecule has 1 fully saturated rings. The van der Waals surface area contributed by atoms with E-state index < -0.39 is 29.6 Å². The number of hydrogen-bond acceptors (Lipinski definition) is 4. The topological polar surface area (TPSA) is 62.7 Å². The smallest absolute Gasteiger partial charge is 0.416 e. The van der Waals surface area contributed by atoms with E-state index in [2.05, 4.69) is 4.98 Å². The molecule has 0 unspecified atom stereocenters. The molecular formula is C16H12F4N2O3. The molecule has 3 rings (SSSR count).